The van der Waals surface area contributed by atoms with Crippen molar-refractivity contribution in [1.82, 2.24) is 4.98 Å². The van der Waals surface area contributed by atoms with Crippen LogP contribution >= 0.6 is 11.8 Å². The van der Waals surface area contributed by atoms with E-state index in [0.29, 0.717) is 22.6 Å². The number of ether oxygens (including phenoxy) is 2. The van der Waals surface area contributed by atoms with Crippen LogP contribution in [0.5, 0.6) is 11.5 Å². The summed E-state index contributed by atoms with van der Waals surface area (Å²) >= 11 is 1.46. The van der Waals surface area contributed by atoms with Crippen LogP contribution in [0.4, 0.5) is 29.3 Å². The Bertz CT molecular complexity index is 1260. The minimum Gasteiger partial charge on any atom is -0.454 e. The van der Waals surface area contributed by atoms with Gasteiger partial charge in [-0.1, -0.05) is 23.9 Å². The fraction of sp³-hybridized carbons (Fsp3) is 0.250. The van der Waals surface area contributed by atoms with Gasteiger partial charge in [-0.05, 0) is 51.1 Å². The van der Waals surface area contributed by atoms with Gasteiger partial charge >= 0.3 is 12.3 Å². The first-order chi connectivity index (χ1) is 16.4. The normalized spacial score (nSPS) is 15.2. The Hall–Kier alpha value is -3.44. The molecule has 3 aromatic rings. The van der Waals surface area contributed by atoms with E-state index in [0.717, 1.165) is 22.7 Å². The van der Waals surface area contributed by atoms with E-state index in [4.69, 9.17) is 15.2 Å². The van der Waals surface area contributed by atoms with Crippen molar-refractivity contribution >= 4 is 29.2 Å². The molecule has 0 saturated heterocycles. The quantitative estimate of drug-likeness (QED) is 0.365. The topological polar surface area (TPSA) is 98.5 Å². The van der Waals surface area contributed by atoms with E-state index >= 15 is 0 Å². The van der Waals surface area contributed by atoms with Crippen molar-refractivity contribution in [2.24, 2.45) is 5.73 Å². The van der Waals surface area contributed by atoms with E-state index in [9.17, 15) is 18.0 Å². The number of rotatable bonds is 4. The number of nitrogens with two attached hydrogens (primary N) is 1. The zero-order chi connectivity index (χ0) is 25.4. The van der Waals surface area contributed by atoms with Gasteiger partial charge in [-0.15, -0.1) is 0 Å². The molecule has 2 heterocycles. The largest absolute Gasteiger partial charge is 0.454 e. The number of benzene rings is 2. The number of alkyl halides is 3. The van der Waals surface area contributed by atoms with E-state index in [2.05, 4.69) is 15.6 Å². The zero-order valence-corrected chi connectivity index (χ0v) is 19.9. The fourth-order valence-electron chi connectivity index (χ4n) is 3.38. The summed E-state index contributed by atoms with van der Waals surface area (Å²) in [6, 6.07) is 10.2. The Morgan fingerprint density at radius 3 is 2.63 bits per heavy atom. The van der Waals surface area contributed by atoms with Crippen molar-refractivity contribution in [3.05, 3.63) is 60.4 Å². The smallest absolute Gasteiger partial charge is 0.416 e. The molecule has 0 spiro atoms. The van der Waals surface area contributed by atoms with Gasteiger partial charge in [-0.3, -0.25) is 10.3 Å². The molecule has 11 heteroatoms. The van der Waals surface area contributed by atoms with Gasteiger partial charge in [0.1, 0.15) is 16.8 Å². The summed E-state index contributed by atoms with van der Waals surface area (Å²) in [5.41, 5.74) is 5.34. The highest BCUT2D eigenvalue weighted by Gasteiger charge is 2.31. The second kappa shape index (κ2) is 9.31. The van der Waals surface area contributed by atoms with E-state index in [-0.39, 0.29) is 11.2 Å². The Balaban J connectivity index is 1.68. The minimum absolute atomic E-state index is 0.0716. The van der Waals surface area contributed by atoms with Gasteiger partial charge < -0.3 is 20.5 Å². The molecule has 4 N–H and O–H groups in total. The van der Waals surface area contributed by atoms with Crippen LogP contribution < -0.4 is 21.1 Å². The number of pyridine rings is 1. The summed E-state index contributed by atoms with van der Waals surface area (Å²) < 4.78 is 51.3. The highest BCUT2D eigenvalue weighted by molar-refractivity contribution is 8.00. The highest BCUT2D eigenvalue weighted by atomic mass is 32.2. The number of nitrogens with zero attached hydrogens (tertiary/aromatic N) is 1. The van der Waals surface area contributed by atoms with Crippen LogP contribution in [-0.4, -0.2) is 22.2 Å². The molecule has 0 fully saturated rings. The molecule has 0 aliphatic carbocycles. The van der Waals surface area contributed by atoms with Gasteiger partial charge in [0.25, 0.3) is 0 Å². The summed E-state index contributed by atoms with van der Waals surface area (Å²) in [6.07, 6.45) is -2.52. The summed E-state index contributed by atoms with van der Waals surface area (Å²) in [6.45, 7) is 4.97. The average molecular weight is 505 g/mol. The van der Waals surface area contributed by atoms with Crippen LogP contribution in [0.15, 0.2) is 59.8 Å². The molecule has 0 radical (unpaired) electrons. The first-order valence-electron chi connectivity index (χ1n) is 10.6. The molecule has 2 aromatic carbocycles. The van der Waals surface area contributed by atoms with Gasteiger partial charge in [0.05, 0.1) is 23.1 Å². The van der Waals surface area contributed by atoms with E-state index in [1.165, 1.54) is 30.2 Å². The molecular weight excluding hydrogens is 481 g/mol. The molecule has 1 aliphatic heterocycles. The number of carbonyl (C=O) groups excluding carboxylic acids is 1. The Kier molecular flexibility index (Phi) is 6.56. The fourth-order valence-corrected chi connectivity index (χ4v) is 4.27. The lowest BCUT2D eigenvalue weighted by molar-refractivity contribution is -0.137. The van der Waals surface area contributed by atoms with Crippen molar-refractivity contribution in [3.8, 4) is 22.6 Å². The number of anilines is 2. The summed E-state index contributed by atoms with van der Waals surface area (Å²) in [4.78, 5) is 17.5. The second-order valence-electron chi connectivity index (χ2n) is 8.71. The predicted octanol–water partition coefficient (Wildman–Crippen LogP) is 6.67. The lowest BCUT2D eigenvalue weighted by Crippen LogP contribution is -2.27. The molecule has 1 amide bonds. The first kappa shape index (κ1) is 24.7. The van der Waals surface area contributed by atoms with Crippen LogP contribution in [0.25, 0.3) is 11.1 Å². The molecule has 1 aliphatic rings. The number of halogens is 3. The Morgan fingerprint density at radius 2 is 1.91 bits per heavy atom. The maximum Gasteiger partial charge on any atom is 0.416 e. The molecular formula is C24H23F3N4O3S. The average Bonchev–Trinajstić information content (AvgIpc) is 3.13. The van der Waals surface area contributed by atoms with E-state index < -0.39 is 23.4 Å². The molecule has 1 aromatic heterocycles. The molecule has 0 bridgehead atoms. The lowest BCUT2D eigenvalue weighted by atomic mass is 10.0. The minimum atomic E-state index is -4.59. The van der Waals surface area contributed by atoms with Crippen molar-refractivity contribution in [1.29, 1.82) is 0 Å². The molecule has 35 heavy (non-hydrogen) atoms. The van der Waals surface area contributed by atoms with Crippen molar-refractivity contribution < 1.29 is 27.4 Å². The van der Waals surface area contributed by atoms with E-state index in [1.54, 1.807) is 32.9 Å². The highest BCUT2D eigenvalue weighted by Crippen LogP contribution is 2.44. The molecule has 4 rings (SSSR count). The number of hydrogen-bond acceptors (Lipinski definition) is 7. The number of hydrogen-bond donors (Lipinski definition) is 3. The Labute approximate surface area is 204 Å². The van der Waals surface area contributed by atoms with Gasteiger partial charge in [-0.25, -0.2) is 4.79 Å². The van der Waals surface area contributed by atoms with Crippen molar-refractivity contribution in [2.45, 2.75) is 42.9 Å². The van der Waals surface area contributed by atoms with Gasteiger partial charge in [0.2, 0.25) is 0 Å². The summed E-state index contributed by atoms with van der Waals surface area (Å²) in [7, 11) is 0. The third-order valence-corrected chi connectivity index (χ3v) is 5.73. The molecule has 0 saturated carbocycles. The maximum absolute atomic E-state index is 13.4. The van der Waals surface area contributed by atoms with Crippen LogP contribution in [0.2, 0.25) is 0 Å². The number of thioether (sulfide) groups is 1. The van der Waals surface area contributed by atoms with E-state index in [1.807, 2.05) is 12.1 Å². The maximum atomic E-state index is 13.4. The molecule has 7 nitrogen and oxygen atoms in total. The number of fused-ring (bicyclic) bond motifs is 1. The summed E-state index contributed by atoms with van der Waals surface area (Å²) in [5, 5.41) is 5.56. The molecule has 1 unspecified atom stereocenters. The van der Waals surface area contributed by atoms with Crippen molar-refractivity contribution in [3.63, 3.8) is 0 Å². The SMILES string of the molecule is CC(C)(C)OC(=O)Nc1cc(C(F)(F)F)ccc1-c1cncc(Oc2cccc3c2NC(N)S3)c1. The van der Waals surface area contributed by atoms with Gasteiger partial charge in [0.15, 0.2) is 5.75 Å². The monoisotopic (exact) mass is 504 g/mol. The lowest BCUT2D eigenvalue weighted by Gasteiger charge is -2.21. The molecule has 1 atom stereocenters. The zero-order valence-electron chi connectivity index (χ0n) is 19.1. The van der Waals surface area contributed by atoms with Crippen molar-refractivity contribution in [2.75, 3.05) is 10.6 Å². The predicted molar refractivity (Wildman–Crippen MR) is 129 cm³/mol. The number of carbonyl (C=O) groups is 1. The molecule has 184 valence electrons. The van der Waals surface area contributed by atoms with Gasteiger partial charge in [-0.2, -0.15) is 13.2 Å². The number of para-hydroxylation sites is 1. The van der Waals surface area contributed by atoms with Crippen LogP contribution in [-0.2, 0) is 10.9 Å². The third kappa shape index (κ3) is 5.98. The number of amides is 1. The van der Waals surface area contributed by atoms with Crippen LogP contribution in [0, 0.1) is 0 Å². The van der Waals surface area contributed by atoms with Crippen LogP contribution in [0.1, 0.15) is 26.3 Å². The summed E-state index contributed by atoms with van der Waals surface area (Å²) in [5.74, 6) is 0.882. The Morgan fingerprint density at radius 1 is 1.14 bits per heavy atom. The van der Waals surface area contributed by atoms with Gasteiger partial charge in [0, 0.05) is 22.2 Å². The van der Waals surface area contributed by atoms with Crippen LogP contribution in [0.3, 0.4) is 0 Å². The number of aromatic nitrogens is 1. The first-order valence-corrected chi connectivity index (χ1v) is 11.4. The number of nitrogens with one attached hydrogen (secondary N) is 2. The second-order valence-corrected chi connectivity index (χ2v) is 9.89. The standard InChI is InChI=1S/C24H23F3N4O3S/c1-23(2,3)34-22(32)30-17-10-14(24(25,26)27)7-8-16(17)13-9-15(12-29-11-13)33-18-5-4-6-19-20(18)31-21(28)35-19/h4-12,21,31H,28H2,1-3H3,(H,30,32). The third-order valence-electron chi connectivity index (χ3n) is 4.76.